The fraction of sp³-hybridized carbons (Fsp3) is 0.208. The number of urea groups is 1. The first-order valence-electron chi connectivity index (χ1n) is 10.7. The molecule has 3 aromatic rings. The molecule has 0 aliphatic carbocycles. The molecule has 2 heterocycles. The molecule has 4 rings (SSSR count). The van der Waals surface area contributed by atoms with Crippen LogP contribution >= 0.6 is 11.8 Å². The number of nitrogens with one attached hydrogen (secondary N) is 3. The van der Waals surface area contributed by atoms with Crippen molar-refractivity contribution in [3.8, 4) is 0 Å². The summed E-state index contributed by atoms with van der Waals surface area (Å²) >= 11 is 1.64. The molecule has 0 saturated carbocycles. The highest BCUT2D eigenvalue weighted by atomic mass is 32.2. The van der Waals surface area contributed by atoms with Crippen molar-refractivity contribution in [2.24, 2.45) is 16.9 Å². The van der Waals surface area contributed by atoms with Crippen molar-refractivity contribution in [1.29, 1.82) is 0 Å². The van der Waals surface area contributed by atoms with E-state index in [4.69, 9.17) is 5.84 Å². The number of amidine groups is 1. The highest BCUT2D eigenvalue weighted by molar-refractivity contribution is 8.03. The average molecular weight is 462 g/mol. The lowest BCUT2D eigenvalue weighted by molar-refractivity contribution is 0.251. The molecule has 9 heteroatoms. The summed E-state index contributed by atoms with van der Waals surface area (Å²) in [6.07, 6.45) is 6.25. The SMILES string of the molecule is CC(C)/C(=N/N)N1C=C(Sc2ccccc2CNC(=O)Nc2nc3ccccc3[nH]2)C=CC1. The smallest absolute Gasteiger partial charge is 0.321 e. The Kier molecular flexibility index (Phi) is 6.99. The molecule has 0 fully saturated rings. The van der Waals surface area contributed by atoms with Gasteiger partial charge in [0.25, 0.3) is 0 Å². The third-order valence-corrected chi connectivity index (χ3v) is 6.17. The van der Waals surface area contributed by atoms with Crippen molar-refractivity contribution in [1.82, 2.24) is 20.2 Å². The van der Waals surface area contributed by atoms with E-state index in [9.17, 15) is 4.79 Å². The number of carbonyl (C=O) groups is 1. The molecule has 5 N–H and O–H groups in total. The monoisotopic (exact) mass is 461 g/mol. The maximum absolute atomic E-state index is 12.4. The summed E-state index contributed by atoms with van der Waals surface area (Å²) in [5.41, 5.74) is 2.70. The van der Waals surface area contributed by atoms with Gasteiger partial charge in [-0.2, -0.15) is 5.10 Å². The Balaban J connectivity index is 1.40. The number of rotatable bonds is 6. The van der Waals surface area contributed by atoms with Gasteiger partial charge in [-0.1, -0.05) is 62.0 Å². The number of amides is 2. The Labute approximate surface area is 197 Å². The number of para-hydroxylation sites is 2. The van der Waals surface area contributed by atoms with Crippen LogP contribution in [0.4, 0.5) is 10.7 Å². The number of nitrogens with two attached hydrogens (primary N) is 1. The number of H-pyrrole nitrogens is 1. The topological polar surface area (TPSA) is 111 Å². The predicted octanol–water partition coefficient (Wildman–Crippen LogP) is 4.62. The molecule has 0 bridgehead atoms. The van der Waals surface area contributed by atoms with Crippen molar-refractivity contribution < 1.29 is 4.79 Å². The number of hydrogen-bond acceptors (Lipinski definition) is 5. The van der Waals surface area contributed by atoms with Gasteiger partial charge in [-0.05, 0) is 29.8 Å². The van der Waals surface area contributed by atoms with E-state index in [1.807, 2.05) is 48.5 Å². The molecule has 0 spiro atoms. The Morgan fingerprint density at radius 3 is 2.82 bits per heavy atom. The second kappa shape index (κ2) is 10.3. The zero-order chi connectivity index (χ0) is 23.2. The quantitative estimate of drug-likeness (QED) is 0.185. The number of nitrogens with zero attached hydrogens (tertiary/aromatic N) is 3. The van der Waals surface area contributed by atoms with E-state index in [2.05, 4.69) is 62.8 Å². The molecule has 0 radical (unpaired) electrons. The van der Waals surface area contributed by atoms with Gasteiger partial charge in [-0.25, -0.2) is 9.78 Å². The molecule has 0 atom stereocenters. The molecule has 1 aliphatic heterocycles. The lowest BCUT2D eigenvalue weighted by atomic mass is 10.1. The molecule has 0 unspecified atom stereocenters. The van der Waals surface area contributed by atoms with Gasteiger partial charge in [0.2, 0.25) is 5.95 Å². The van der Waals surface area contributed by atoms with Crippen molar-refractivity contribution in [3.05, 3.63) is 77.4 Å². The number of hydrazone groups is 1. The number of fused-ring (bicyclic) bond motifs is 1. The molecule has 2 amide bonds. The lowest BCUT2D eigenvalue weighted by Gasteiger charge is -2.26. The molecule has 33 heavy (non-hydrogen) atoms. The zero-order valence-electron chi connectivity index (χ0n) is 18.6. The number of carbonyl (C=O) groups excluding carboxylic acids is 1. The normalized spacial score (nSPS) is 14.0. The fourth-order valence-electron chi connectivity index (χ4n) is 3.52. The number of aromatic amines is 1. The van der Waals surface area contributed by atoms with E-state index in [-0.39, 0.29) is 11.9 Å². The molecular weight excluding hydrogens is 434 g/mol. The third kappa shape index (κ3) is 5.56. The minimum absolute atomic E-state index is 0.228. The van der Waals surface area contributed by atoms with Crippen molar-refractivity contribution in [2.75, 3.05) is 11.9 Å². The number of aromatic nitrogens is 2. The van der Waals surface area contributed by atoms with Crippen LogP contribution in [0.15, 0.2) is 81.8 Å². The Morgan fingerprint density at radius 1 is 1.24 bits per heavy atom. The van der Waals surface area contributed by atoms with Crippen molar-refractivity contribution >= 4 is 40.6 Å². The van der Waals surface area contributed by atoms with E-state index in [1.165, 1.54) is 0 Å². The Bertz CT molecular complexity index is 1200. The van der Waals surface area contributed by atoms with Gasteiger partial charge in [0, 0.05) is 35.0 Å². The second-order valence-corrected chi connectivity index (χ2v) is 8.96. The maximum Gasteiger partial charge on any atom is 0.321 e. The molecule has 170 valence electrons. The van der Waals surface area contributed by atoms with E-state index in [0.29, 0.717) is 12.5 Å². The Hall–Kier alpha value is -3.72. The van der Waals surface area contributed by atoms with Crippen molar-refractivity contribution in [3.63, 3.8) is 0 Å². The van der Waals surface area contributed by atoms with Crippen LogP contribution in [-0.4, -0.2) is 33.3 Å². The summed E-state index contributed by atoms with van der Waals surface area (Å²) in [4.78, 5) is 24.1. The summed E-state index contributed by atoms with van der Waals surface area (Å²) in [5.74, 6) is 7.09. The van der Waals surface area contributed by atoms with E-state index in [0.717, 1.165) is 38.8 Å². The first-order chi connectivity index (χ1) is 16.0. The summed E-state index contributed by atoms with van der Waals surface area (Å²) in [6, 6.07) is 15.3. The van der Waals surface area contributed by atoms with Gasteiger partial charge in [0.05, 0.1) is 11.0 Å². The number of benzene rings is 2. The highest BCUT2D eigenvalue weighted by Crippen LogP contribution is 2.32. The van der Waals surface area contributed by atoms with Gasteiger partial charge >= 0.3 is 6.03 Å². The largest absolute Gasteiger partial charge is 0.334 e. The average Bonchev–Trinajstić information content (AvgIpc) is 3.21. The number of anilines is 1. The van der Waals surface area contributed by atoms with Crippen LogP contribution in [-0.2, 0) is 6.54 Å². The van der Waals surface area contributed by atoms with Gasteiger partial charge in [-0.15, -0.1) is 0 Å². The third-order valence-electron chi connectivity index (χ3n) is 5.07. The van der Waals surface area contributed by atoms with Crippen LogP contribution in [0.1, 0.15) is 19.4 Å². The van der Waals surface area contributed by atoms with Crippen LogP contribution in [0.3, 0.4) is 0 Å². The summed E-state index contributed by atoms with van der Waals surface area (Å²) < 4.78 is 0. The summed E-state index contributed by atoms with van der Waals surface area (Å²) in [6.45, 7) is 5.27. The second-order valence-electron chi connectivity index (χ2n) is 7.85. The number of allylic oxidation sites excluding steroid dienone is 1. The number of imidazole rings is 1. The highest BCUT2D eigenvalue weighted by Gasteiger charge is 2.16. The minimum atomic E-state index is -0.322. The van der Waals surface area contributed by atoms with Crippen LogP contribution in [0.5, 0.6) is 0 Å². The van der Waals surface area contributed by atoms with Gasteiger partial charge in [0.1, 0.15) is 5.84 Å². The van der Waals surface area contributed by atoms with Crippen LogP contribution in [0.25, 0.3) is 11.0 Å². The van der Waals surface area contributed by atoms with Crippen LogP contribution in [0.2, 0.25) is 0 Å². The number of thioether (sulfide) groups is 1. The van der Waals surface area contributed by atoms with E-state index >= 15 is 0 Å². The maximum atomic E-state index is 12.4. The van der Waals surface area contributed by atoms with E-state index in [1.54, 1.807) is 11.8 Å². The molecule has 0 saturated heterocycles. The first kappa shape index (κ1) is 22.5. The molecular formula is C24H27N7OS. The molecule has 1 aliphatic rings. The van der Waals surface area contributed by atoms with Crippen LogP contribution < -0.4 is 16.5 Å². The van der Waals surface area contributed by atoms with E-state index < -0.39 is 0 Å². The Morgan fingerprint density at radius 2 is 2.03 bits per heavy atom. The van der Waals surface area contributed by atoms with Crippen molar-refractivity contribution in [2.45, 2.75) is 25.3 Å². The van der Waals surface area contributed by atoms with Crippen LogP contribution in [0, 0.1) is 5.92 Å². The fourth-order valence-corrected chi connectivity index (χ4v) is 4.54. The van der Waals surface area contributed by atoms with Gasteiger partial charge < -0.3 is 21.0 Å². The summed E-state index contributed by atoms with van der Waals surface area (Å²) in [5, 5.41) is 9.63. The van der Waals surface area contributed by atoms with Gasteiger partial charge in [0.15, 0.2) is 0 Å². The van der Waals surface area contributed by atoms with Gasteiger partial charge in [-0.3, -0.25) is 5.32 Å². The standard InChI is InChI=1S/C24H27N7OS/c1-16(2)22(30-25)31-13-7-9-18(15-31)33-21-12-6-3-8-17(21)14-26-24(32)29-23-27-19-10-4-5-11-20(19)28-23/h3-12,15-16H,13-14,25H2,1-2H3,(H3,26,27,28,29,32)/b30-22-. The molecule has 8 nitrogen and oxygen atoms in total. The lowest BCUT2D eigenvalue weighted by Crippen LogP contribution is -2.32. The first-order valence-corrected chi connectivity index (χ1v) is 11.5. The number of hydrogen-bond donors (Lipinski definition) is 4. The minimum Gasteiger partial charge on any atom is -0.334 e. The summed E-state index contributed by atoms with van der Waals surface area (Å²) in [7, 11) is 0. The molecule has 2 aromatic carbocycles. The zero-order valence-corrected chi connectivity index (χ0v) is 19.4. The predicted molar refractivity (Wildman–Crippen MR) is 135 cm³/mol. The molecule has 1 aromatic heterocycles.